The largest absolute Gasteiger partial charge is 0.416 e. The Morgan fingerprint density at radius 2 is 1.80 bits per heavy atom. The van der Waals surface area contributed by atoms with Gasteiger partial charge in [-0.1, -0.05) is 45.7 Å². The summed E-state index contributed by atoms with van der Waals surface area (Å²) in [5, 5.41) is 10.5. The summed E-state index contributed by atoms with van der Waals surface area (Å²) >= 11 is 8.79. The van der Waals surface area contributed by atoms with E-state index >= 15 is 0 Å². The highest BCUT2D eigenvalue weighted by Crippen LogP contribution is 2.38. The summed E-state index contributed by atoms with van der Waals surface area (Å²) in [6.45, 7) is 0. The van der Waals surface area contributed by atoms with E-state index in [1.54, 1.807) is 12.1 Å². The predicted molar refractivity (Wildman–Crippen MR) is 74.7 cm³/mol. The van der Waals surface area contributed by atoms with Crippen LogP contribution >= 0.6 is 27.5 Å². The van der Waals surface area contributed by atoms with Crippen LogP contribution in [0.4, 0.5) is 13.2 Å². The molecular weight excluding hydrogens is 357 g/mol. The minimum Gasteiger partial charge on any atom is -0.384 e. The molecule has 0 fully saturated rings. The van der Waals surface area contributed by atoms with Gasteiger partial charge >= 0.3 is 6.18 Å². The van der Waals surface area contributed by atoms with E-state index in [0.717, 1.165) is 6.07 Å². The van der Waals surface area contributed by atoms with E-state index in [1.807, 2.05) is 0 Å². The Hall–Kier alpha value is -1.04. The Bertz CT molecular complexity index is 628. The fourth-order valence-corrected chi connectivity index (χ4v) is 2.43. The van der Waals surface area contributed by atoms with Gasteiger partial charge in [0.2, 0.25) is 0 Å². The maximum atomic E-state index is 13.0. The van der Waals surface area contributed by atoms with E-state index in [2.05, 4.69) is 15.9 Å². The smallest absolute Gasteiger partial charge is 0.384 e. The molecular formula is C14H9BrClF3O. The number of rotatable bonds is 2. The first-order valence-corrected chi connectivity index (χ1v) is 6.76. The van der Waals surface area contributed by atoms with Gasteiger partial charge in [-0.25, -0.2) is 0 Å². The molecule has 2 aromatic carbocycles. The summed E-state index contributed by atoms with van der Waals surface area (Å²) in [7, 11) is 0. The van der Waals surface area contributed by atoms with Gasteiger partial charge in [0.1, 0.15) is 6.10 Å². The van der Waals surface area contributed by atoms with Crippen molar-refractivity contribution in [2.24, 2.45) is 0 Å². The molecule has 0 saturated heterocycles. The maximum absolute atomic E-state index is 13.0. The molecule has 0 radical (unpaired) electrons. The summed E-state index contributed by atoms with van der Waals surface area (Å²) in [5.74, 6) is 0. The molecule has 0 spiro atoms. The predicted octanol–water partition coefficient (Wildman–Crippen LogP) is 5.20. The zero-order valence-corrected chi connectivity index (χ0v) is 12.3. The van der Waals surface area contributed by atoms with Gasteiger partial charge in [0.05, 0.1) is 5.56 Å². The van der Waals surface area contributed by atoms with E-state index in [9.17, 15) is 18.3 Å². The van der Waals surface area contributed by atoms with E-state index in [4.69, 9.17) is 11.6 Å². The molecule has 0 bridgehead atoms. The number of benzene rings is 2. The van der Waals surface area contributed by atoms with Crippen LogP contribution in [-0.4, -0.2) is 5.11 Å². The molecule has 0 aromatic heterocycles. The molecule has 1 N–H and O–H groups in total. The summed E-state index contributed by atoms with van der Waals surface area (Å²) in [4.78, 5) is 0. The molecule has 0 saturated carbocycles. The SMILES string of the molecule is OC(c1cccc(Cl)c1)c1ccc(Br)cc1C(F)(F)F. The zero-order chi connectivity index (χ0) is 14.9. The Labute approximate surface area is 127 Å². The van der Waals surface area contributed by atoms with Crippen LogP contribution in [0.25, 0.3) is 0 Å². The minimum atomic E-state index is -4.54. The zero-order valence-electron chi connectivity index (χ0n) is 9.96. The Morgan fingerprint density at radius 3 is 2.40 bits per heavy atom. The van der Waals surface area contributed by atoms with E-state index in [0.29, 0.717) is 15.1 Å². The van der Waals surface area contributed by atoms with Crippen LogP contribution in [0.5, 0.6) is 0 Å². The van der Waals surface area contributed by atoms with Crippen LogP contribution in [0.1, 0.15) is 22.8 Å². The van der Waals surface area contributed by atoms with Crippen LogP contribution in [0.15, 0.2) is 46.9 Å². The van der Waals surface area contributed by atoms with Gasteiger partial charge in [-0.15, -0.1) is 0 Å². The summed E-state index contributed by atoms with van der Waals surface area (Å²) < 4.78 is 39.4. The lowest BCUT2D eigenvalue weighted by Crippen LogP contribution is -2.12. The number of aliphatic hydroxyl groups excluding tert-OH is 1. The highest BCUT2D eigenvalue weighted by molar-refractivity contribution is 9.10. The lowest BCUT2D eigenvalue weighted by molar-refractivity contribution is -0.139. The third-order valence-electron chi connectivity index (χ3n) is 2.78. The number of alkyl halides is 3. The number of aliphatic hydroxyl groups is 1. The van der Waals surface area contributed by atoms with E-state index in [-0.39, 0.29) is 5.56 Å². The molecule has 1 atom stereocenters. The first-order valence-electron chi connectivity index (χ1n) is 5.59. The van der Waals surface area contributed by atoms with Gasteiger partial charge in [-0.2, -0.15) is 13.2 Å². The van der Waals surface area contributed by atoms with Crippen molar-refractivity contribution in [3.63, 3.8) is 0 Å². The average Bonchev–Trinajstić information content (AvgIpc) is 2.37. The van der Waals surface area contributed by atoms with Crippen molar-refractivity contribution >= 4 is 27.5 Å². The second-order valence-corrected chi connectivity index (χ2v) is 5.54. The molecule has 1 nitrogen and oxygen atoms in total. The quantitative estimate of drug-likeness (QED) is 0.775. The molecule has 20 heavy (non-hydrogen) atoms. The monoisotopic (exact) mass is 364 g/mol. The highest BCUT2D eigenvalue weighted by Gasteiger charge is 2.35. The fraction of sp³-hybridized carbons (Fsp3) is 0.143. The van der Waals surface area contributed by atoms with Crippen LogP contribution < -0.4 is 0 Å². The van der Waals surface area contributed by atoms with Crippen molar-refractivity contribution in [3.8, 4) is 0 Å². The molecule has 6 heteroatoms. The first kappa shape index (κ1) is 15.4. The summed E-state index contributed by atoms with van der Waals surface area (Å²) in [6.07, 6.45) is -5.93. The lowest BCUT2D eigenvalue weighted by Gasteiger charge is -2.18. The third kappa shape index (κ3) is 3.34. The van der Waals surface area contributed by atoms with Crippen molar-refractivity contribution in [2.45, 2.75) is 12.3 Å². The summed E-state index contributed by atoms with van der Waals surface area (Å²) in [5.41, 5.74) is -0.771. The standard InChI is InChI=1S/C14H9BrClF3O/c15-9-4-5-11(12(7-9)14(17,18)19)13(20)8-2-1-3-10(16)6-8/h1-7,13,20H. The Morgan fingerprint density at radius 1 is 1.10 bits per heavy atom. The van der Waals surface area contributed by atoms with Gasteiger partial charge in [0.15, 0.2) is 0 Å². The molecule has 1 unspecified atom stereocenters. The van der Waals surface area contributed by atoms with E-state index < -0.39 is 17.8 Å². The molecule has 0 aliphatic heterocycles. The number of hydrogen-bond acceptors (Lipinski definition) is 1. The van der Waals surface area contributed by atoms with Crippen molar-refractivity contribution in [1.82, 2.24) is 0 Å². The molecule has 0 aliphatic carbocycles. The lowest BCUT2D eigenvalue weighted by atomic mass is 9.96. The first-order chi connectivity index (χ1) is 9.29. The minimum absolute atomic E-state index is 0.206. The average molecular weight is 366 g/mol. The van der Waals surface area contributed by atoms with Crippen molar-refractivity contribution < 1.29 is 18.3 Å². The molecule has 0 amide bonds. The van der Waals surface area contributed by atoms with Gasteiger partial charge < -0.3 is 5.11 Å². The molecule has 106 valence electrons. The van der Waals surface area contributed by atoms with Gasteiger partial charge in [-0.3, -0.25) is 0 Å². The third-order valence-corrected chi connectivity index (χ3v) is 3.51. The van der Waals surface area contributed by atoms with Gasteiger partial charge in [0, 0.05) is 9.50 Å². The van der Waals surface area contributed by atoms with Crippen molar-refractivity contribution in [1.29, 1.82) is 0 Å². The van der Waals surface area contributed by atoms with Gasteiger partial charge in [0.25, 0.3) is 0 Å². The molecule has 0 heterocycles. The fourth-order valence-electron chi connectivity index (χ4n) is 1.87. The number of hydrogen-bond donors (Lipinski definition) is 1. The van der Waals surface area contributed by atoms with Gasteiger partial charge in [-0.05, 0) is 35.4 Å². The molecule has 2 rings (SSSR count). The van der Waals surface area contributed by atoms with E-state index in [1.165, 1.54) is 24.3 Å². The topological polar surface area (TPSA) is 20.2 Å². The number of halogens is 5. The Kier molecular flexibility index (Phi) is 4.42. The highest BCUT2D eigenvalue weighted by atomic mass is 79.9. The molecule has 2 aromatic rings. The van der Waals surface area contributed by atoms with Crippen LogP contribution in [0, 0.1) is 0 Å². The van der Waals surface area contributed by atoms with Crippen LogP contribution in [-0.2, 0) is 6.18 Å². The van der Waals surface area contributed by atoms with Crippen LogP contribution in [0.3, 0.4) is 0 Å². The second kappa shape index (κ2) is 5.76. The molecule has 0 aliphatic rings. The summed E-state index contributed by atoms with van der Waals surface area (Å²) in [6, 6.07) is 9.78. The Balaban J connectivity index is 2.52. The van der Waals surface area contributed by atoms with Crippen molar-refractivity contribution in [2.75, 3.05) is 0 Å². The van der Waals surface area contributed by atoms with Crippen molar-refractivity contribution in [3.05, 3.63) is 68.7 Å². The normalized spacial score (nSPS) is 13.3. The maximum Gasteiger partial charge on any atom is 0.416 e. The van der Waals surface area contributed by atoms with Crippen LogP contribution in [0.2, 0.25) is 5.02 Å². The second-order valence-electron chi connectivity index (χ2n) is 4.19.